The SMILES string of the molecule is CN=C(NS(=O)(=O)c1ccccc1)N1CCCC1. The number of nitrogens with one attached hydrogen (secondary N) is 1. The van der Waals surface area contributed by atoms with E-state index in [0.717, 1.165) is 25.9 Å². The van der Waals surface area contributed by atoms with Crippen LogP contribution >= 0.6 is 0 Å². The molecular weight excluding hydrogens is 250 g/mol. The van der Waals surface area contributed by atoms with E-state index in [-0.39, 0.29) is 4.90 Å². The van der Waals surface area contributed by atoms with Crippen LogP contribution in [-0.2, 0) is 10.0 Å². The molecule has 18 heavy (non-hydrogen) atoms. The first-order valence-corrected chi connectivity index (χ1v) is 7.41. The van der Waals surface area contributed by atoms with Crippen molar-refractivity contribution in [2.75, 3.05) is 20.1 Å². The second kappa shape index (κ2) is 5.39. The topological polar surface area (TPSA) is 61.8 Å². The van der Waals surface area contributed by atoms with Gasteiger partial charge in [-0.3, -0.25) is 4.99 Å². The van der Waals surface area contributed by atoms with Gasteiger partial charge in [0.2, 0.25) is 5.96 Å². The number of likely N-dealkylation sites (tertiary alicyclic amines) is 1. The van der Waals surface area contributed by atoms with Crippen molar-refractivity contribution in [2.24, 2.45) is 4.99 Å². The summed E-state index contributed by atoms with van der Waals surface area (Å²) in [5.74, 6) is 0.427. The summed E-state index contributed by atoms with van der Waals surface area (Å²) < 4.78 is 26.8. The van der Waals surface area contributed by atoms with Gasteiger partial charge in [0.15, 0.2) is 0 Å². The highest BCUT2D eigenvalue weighted by Crippen LogP contribution is 2.11. The van der Waals surface area contributed by atoms with Crippen LogP contribution in [0.4, 0.5) is 0 Å². The van der Waals surface area contributed by atoms with Gasteiger partial charge in [0.1, 0.15) is 0 Å². The Kier molecular flexibility index (Phi) is 3.86. The van der Waals surface area contributed by atoms with Crippen molar-refractivity contribution in [1.29, 1.82) is 0 Å². The van der Waals surface area contributed by atoms with Crippen molar-refractivity contribution in [1.82, 2.24) is 9.62 Å². The molecule has 0 radical (unpaired) electrons. The number of guanidine groups is 1. The Morgan fingerprint density at radius 1 is 1.22 bits per heavy atom. The number of hydrogen-bond acceptors (Lipinski definition) is 3. The van der Waals surface area contributed by atoms with Crippen LogP contribution in [-0.4, -0.2) is 39.4 Å². The Morgan fingerprint density at radius 3 is 2.39 bits per heavy atom. The van der Waals surface area contributed by atoms with Gasteiger partial charge in [0, 0.05) is 20.1 Å². The van der Waals surface area contributed by atoms with Gasteiger partial charge in [0.25, 0.3) is 10.0 Å². The van der Waals surface area contributed by atoms with Crippen LogP contribution in [0.1, 0.15) is 12.8 Å². The van der Waals surface area contributed by atoms with Gasteiger partial charge in [-0.25, -0.2) is 13.1 Å². The lowest BCUT2D eigenvalue weighted by Gasteiger charge is -2.20. The van der Waals surface area contributed by atoms with Crippen molar-refractivity contribution < 1.29 is 8.42 Å². The molecule has 0 aromatic heterocycles. The van der Waals surface area contributed by atoms with Gasteiger partial charge < -0.3 is 4.90 Å². The van der Waals surface area contributed by atoms with Crippen molar-refractivity contribution >= 4 is 16.0 Å². The summed E-state index contributed by atoms with van der Waals surface area (Å²) in [5, 5.41) is 0. The second-order valence-corrected chi connectivity index (χ2v) is 5.84. The van der Waals surface area contributed by atoms with Crippen molar-refractivity contribution in [3.05, 3.63) is 30.3 Å². The molecule has 1 heterocycles. The minimum Gasteiger partial charge on any atom is -0.342 e. The fraction of sp³-hybridized carbons (Fsp3) is 0.417. The third-order valence-electron chi connectivity index (χ3n) is 2.90. The molecule has 1 fully saturated rings. The van der Waals surface area contributed by atoms with Crippen molar-refractivity contribution in [3.63, 3.8) is 0 Å². The highest BCUT2D eigenvalue weighted by atomic mass is 32.2. The van der Waals surface area contributed by atoms with E-state index < -0.39 is 10.0 Å². The van der Waals surface area contributed by atoms with E-state index in [4.69, 9.17) is 0 Å². The fourth-order valence-corrected chi connectivity index (χ4v) is 3.05. The molecule has 0 amide bonds. The molecule has 2 rings (SSSR count). The maximum absolute atomic E-state index is 12.1. The highest BCUT2D eigenvalue weighted by molar-refractivity contribution is 7.90. The molecule has 98 valence electrons. The average molecular weight is 267 g/mol. The van der Waals surface area contributed by atoms with Crippen LogP contribution < -0.4 is 4.72 Å². The Morgan fingerprint density at radius 2 is 1.83 bits per heavy atom. The molecule has 1 N–H and O–H groups in total. The van der Waals surface area contributed by atoms with E-state index in [2.05, 4.69) is 9.71 Å². The molecule has 0 spiro atoms. The number of sulfonamides is 1. The van der Waals surface area contributed by atoms with Crippen LogP contribution in [0.5, 0.6) is 0 Å². The lowest BCUT2D eigenvalue weighted by Crippen LogP contribution is -2.42. The first-order chi connectivity index (χ1) is 8.63. The van der Waals surface area contributed by atoms with E-state index in [1.54, 1.807) is 37.4 Å². The maximum atomic E-state index is 12.1. The largest absolute Gasteiger partial charge is 0.342 e. The van der Waals surface area contributed by atoms with Crippen molar-refractivity contribution in [3.8, 4) is 0 Å². The summed E-state index contributed by atoms with van der Waals surface area (Å²) in [6, 6.07) is 8.33. The van der Waals surface area contributed by atoms with E-state index in [9.17, 15) is 8.42 Å². The minimum atomic E-state index is -3.53. The summed E-state index contributed by atoms with van der Waals surface area (Å²) in [4.78, 5) is 6.25. The molecule has 6 heteroatoms. The first kappa shape index (κ1) is 12.9. The molecule has 0 atom stereocenters. The maximum Gasteiger partial charge on any atom is 0.264 e. The van der Waals surface area contributed by atoms with Crippen LogP contribution in [0, 0.1) is 0 Å². The third-order valence-corrected chi connectivity index (χ3v) is 4.24. The Hall–Kier alpha value is -1.56. The molecule has 0 aliphatic carbocycles. The predicted molar refractivity (Wildman–Crippen MR) is 70.9 cm³/mol. The summed E-state index contributed by atoms with van der Waals surface area (Å²) in [5.41, 5.74) is 0. The lowest BCUT2D eigenvalue weighted by molar-refractivity contribution is 0.503. The smallest absolute Gasteiger partial charge is 0.264 e. The number of hydrogen-bond donors (Lipinski definition) is 1. The molecule has 1 aromatic rings. The molecule has 5 nitrogen and oxygen atoms in total. The number of benzene rings is 1. The summed E-state index contributed by atoms with van der Waals surface area (Å²) in [6.07, 6.45) is 2.15. The zero-order valence-electron chi connectivity index (χ0n) is 10.3. The molecule has 1 aliphatic heterocycles. The van der Waals surface area contributed by atoms with Gasteiger partial charge >= 0.3 is 0 Å². The van der Waals surface area contributed by atoms with Crippen LogP contribution in [0.25, 0.3) is 0 Å². The quantitative estimate of drug-likeness (QED) is 0.643. The number of nitrogens with zero attached hydrogens (tertiary/aromatic N) is 2. The second-order valence-electron chi connectivity index (χ2n) is 4.16. The predicted octanol–water partition coefficient (Wildman–Crippen LogP) is 1.05. The molecule has 0 unspecified atom stereocenters. The Balaban J connectivity index is 2.17. The zero-order chi connectivity index (χ0) is 13.0. The molecule has 0 saturated carbocycles. The average Bonchev–Trinajstić information content (AvgIpc) is 2.91. The van der Waals surface area contributed by atoms with E-state index in [0.29, 0.717) is 5.96 Å². The number of aliphatic imine (C=N–C) groups is 1. The van der Waals surface area contributed by atoms with Gasteiger partial charge in [-0.05, 0) is 25.0 Å². The molecule has 1 aromatic carbocycles. The standard InChI is InChI=1S/C12H17N3O2S/c1-13-12(15-9-5-6-10-15)14-18(16,17)11-7-3-2-4-8-11/h2-4,7-8H,5-6,9-10H2,1H3,(H,13,14). The van der Waals surface area contributed by atoms with Gasteiger partial charge in [-0.1, -0.05) is 18.2 Å². The molecule has 1 aliphatic rings. The van der Waals surface area contributed by atoms with E-state index >= 15 is 0 Å². The van der Waals surface area contributed by atoms with E-state index in [1.165, 1.54) is 0 Å². The van der Waals surface area contributed by atoms with Gasteiger partial charge in [0.05, 0.1) is 4.90 Å². The first-order valence-electron chi connectivity index (χ1n) is 5.93. The lowest BCUT2D eigenvalue weighted by atomic mass is 10.4. The van der Waals surface area contributed by atoms with Crippen molar-refractivity contribution in [2.45, 2.75) is 17.7 Å². The van der Waals surface area contributed by atoms with Gasteiger partial charge in [-0.2, -0.15) is 0 Å². The van der Waals surface area contributed by atoms with Crippen LogP contribution in [0.3, 0.4) is 0 Å². The minimum absolute atomic E-state index is 0.255. The van der Waals surface area contributed by atoms with Crippen LogP contribution in [0.15, 0.2) is 40.2 Å². The summed E-state index contributed by atoms with van der Waals surface area (Å²) in [6.45, 7) is 1.70. The van der Waals surface area contributed by atoms with Crippen LogP contribution in [0.2, 0.25) is 0 Å². The molecular formula is C12H17N3O2S. The Labute approximate surface area is 108 Å². The zero-order valence-corrected chi connectivity index (χ0v) is 11.2. The fourth-order valence-electron chi connectivity index (χ4n) is 1.96. The summed E-state index contributed by atoms with van der Waals surface area (Å²) >= 11 is 0. The molecule has 0 bridgehead atoms. The normalized spacial score (nSPS) is 16.9. The number of rotatable bonds is 2. The summed E-state index contributed by atoms with van der Waals surface area (Å²) in [7, 11) is -1.93. The monoisotopic (exact) mass is 267 g/mol. The highest BCUT2D eigenvalue weighted by Gasteiger charge is 2.21. The Bertz CT molecular complexity index is 520. The van der Waals surface area contributed by atoms with Gasteiger partial charge in [-0.15, -0.1) is 0 Å². The van der Waals surface area contributed by atoms with E-state index in [1.807, 2.05) is 4.90 Å². The molecule has 1 saturated heterocycles. The third kappa shape index (κ3) is 2.81.